The molecule has 19 heavy (non-hydrogen) atoms. The number of hydrogen-bond acceptors (Lipinski definition) is 4. The minimum atomic E-state index is -0.141. The van der Waals surface area contributed by atoms with Crippen molar-refractivity contribution in [1.29, 1.82) is 0 Å². The van der Waals surface area contributed by atoms with Crippen LogP contribution in [0.4, 0.5) is 0 Å². The minimum absolute atomic E-state index is 0.141. The van der Waals surface area contributed by atoms with Crippen molar-refractivity contribution in [3.63, 3.8) is 0 Å². The van der Waals surface area contributed by atoms with Crippen LogP contribution in [-0.4, -0.2) is 15.1 Å². The highest BCUT2D eigenvalue weighted by molar-refractivity contribution is 5.47. The molecule has 5 nitrogen and oxygen atoms in total. The van der Waals surface area contributed by atoms with Crippen molar-refractivity contribution < 1.29 is 4.52 Å². The molecule has 5 heteroatoms. The zero-order valence-electron chi connectivity index (χ0n) is 10.3. The first kappa shape index (κ1) is 11.7. The van der Waals surface area contributed by atoms with Gasteiger partial charge in [-0.25, -0.2) is 0 Å². The maximum Gasteiger partial charge on any atom is 0.228 e. The van der Waals surface area contributed by atoms with Crippen LogP contribution in [0, 0.1) is 0 Å². The summed E-state index contributed by atoms with van der Waals surface area (Å²) in [6.07, 6.45) is 2.35. The first-order valence-corrected chi connectivity index (χ1v) is 6.10. The van der Waals surface area contributed by atoms with E-state index in [2.05, 4.69) is 15.1 Å². The highest BCUT2D eigenvalue weighted by atomic mass is 16.5. The molecule has 1 unspecified atom stereocenters. The molecule has 0 saturated heterocycles. The average molecular weight is 254 g/mol. The third-order valence-electron chi connectivity index (χ3n) is 2.93. The van der Waals surface area contributed by atoms with Gasteiger partial charge in [-0.2, -0.15) is 4.98 Å². The number of nitrogens with one attached hydrogen (secondary N) is 1. The second-order valence-corrected chi connectivity index (χ2v) is 4.32. The third kappa shape index (κ3) is 2.56. The highest BCUT2D eigenvalue weighted by Gasteiger charge is 2.13. The van der Waals surface area contributed by atoms with E-state index in [4.69, 9.17) is 10.3 Å². The first-order valence-electron chi connectivity index (χ1n) is 6.10. The summed E-state index contributed by atoms with van der Waals surface area (Å²) in [4.78, 5) is 7.36. The van der Waals surface area contributed by atoms with Gasteiger partial charge in [-0.15, -0.1) is 0 Å². The largest absolute Gasteiger partial charge is 0.359 e. The van der Waals surface area contributed by atoms with Crippen LogP contribution < -0.4 is 5.73 Å². The van der Waals surface area contributed by atoms with Crippen LogP contribution in [-0.2, 0) is 6.42 Å². The molecule has 0 aliphatic rings. The number of nitrogens with two attached hydrogens (primary N) is 1. The summed E-state index contributed by atoms with van der Waals surface area (Å²) in [6, 6.07) is 13.5. The zero-order chi connectivity index (χ0) is 13.1. The molecule has 3 rings (SSSR count). The van der Waals surface area contributed by atoms with Crippen molar-refractivity contribution in [1.82, 2.24) is 15.1 Å². The van der Waals surface area contributed by atoms with Crippen molar-refractivity contribution in [2.24, 2.45) is 5.73 Å². The lowest BCUT2D eigenvalue weighted by Crippen LogP contribution is -2.13. The molecule has 2 heterocycles. The van der Waals surface area contributed by atoms with Gasteiger partial charge in [0.15, 0.2) is 0 Å². The van der Waals surface area contributed by atoms with Crippen molar-refractivity contribution in [2.45, 2.75) is 12.5 Å². The van der Waals surface area contributed by atoms with Crippen LogP contribution in [0.3, 0.4) is 0 Å². The molecule has 3 aromatic rings. The van der Waals surface area contributed by atoms with Crippen LogP contribution in [0.15, 0.2) is 53.2 Å². The predicted molar refractivity (Wildman–Crippen MR) is 71.2 cm³/mol. The molecule has 0 amide bonds. The topological polar surface area (TPSA) is 80.7 Å². The number of hydrogen-bond donors (Lipinski definition) is 2. The Morgan fingerprint density at radius 1 is 1.16 bits per heavy atom. The van der Waals surface area contributed by atoms with Gasteiger partial charge in [-0.05, 0) is 17.7 Å². The summed E-state index contributed by atoms with van der Waals surface area (Å²) >= 11 is 0. The van der Waals surface area contributed by atoms with Gasteiger partial charge in [0.2, 0.25) is 11.7 Å². The molecule has 0 spiro atoms. The van der Waals surface area contributed by atoms with Crippen LogP contribution >= 0.6 is 0 Å². The Hall–Kier alpha value is -2.40. The lowest BCUT2D eigenvalue weighted by atomic mass is 10.1. The van der Waals surface area contributed by atoms with E-state index in [0.717, 1.165) is 11.3 Å². The quantitative estimate of drug-likeness (QED) is 0.748. The average Bonchev–Trinajstić information content (AvgIpc) is 3.10. The summed E-state index contributed by atoms with van der Waals surface area (Å²) in [7, 11) is 0. The van der Waals surface area contributed by atoms with E-state index < -0.39 is 0 Å². The smallest absolute Gasteiger partial charge is 0.228 e. The molecule has 0 fully saturated rings. The van der Waals surface area contributed by atoms with Crippen molar-refractivity contribution in [3.05, 3.63) is 60.1 Å². The Labute approximate surface area is 110 Å². The van der Waals surface area contributed by atoms with Gasteiger partial charge < -0.3 is 15.2 Å². The van der Waals surface area contributed by atoms with E-state index in [0.29, 0.717) is 18.1 Å². The van der Waals surface area contributed by atoms with E-state index in [1.807, 2.05) is 48.7 Å². The van der Waals surface area contributed by atoms with E-state index >= 15 is 0 Å². The molecule has 1 aromatic carbocycles. The van der Waals surface area contributed by atoms with Gasteiger partial charge in [0, 0.05) is 18.7 Å². The molecule has 96 valence electrons. The fourth-order valence-electron chi connectivity index (χ4n) is 1.92. The number of rotatable bonds is 4. The summed E-state index contributed by atoms with van der Waals surface area (Å²) in [5.74, 6) is 1.10. The van der Waals surface area contributed by atoms with Crippen molar-refractivity contribution >= 4 is 0 Å². The summed E-state index contributed by atoms with van der Waals surface area (Å²) < 4.78 is 5.22. The fraction of sp³-hybridized carbons (Fsp3) is 0.143. The Balaban J connectivity index is 1.74. The predicted octanol–water partition coefficient (Wildman–Crippen LogP) is 2.31. The molecule has 0 aliphatic heterocycles. The second kappa shape index (κ2) is 5.07. The Morgan fingerprint density at radius 2 is 2.00 bits per heavy atom. The molecular weight excluding hydrogens is 240 g/mol. The van der Waals surface area contributed by atoms with Crippen molar-refractivity contribution in [2.75, 3.05) is 0 Å². The van der Waals surface area contributed by atoms with Gasteiger partial charge in [0.1, 0.15) is 0 Å². The van der Waals surface area contributed by atoms with Crippen LogP contribution in [0.25, 0.3) is 11.5 Å². The lowest BCUT2D eigenvalue weighted by Gasteiger charge is -2.08. The van der Waals surface area contributed by atoms with Gasteiger partial charge in [-0.1, -0.05) is 35.5 Å². The van der Waals surface area contributed by atoms with Crippen LogP contribution in [0.1, 0.15) is 17.5 Å². The maximum atomic E-state index is 6.12. The number of benzene rings is 1. The molecule has 0 aliphatic carbocycles. The highest BCUT2D eigenvalue weighted by Crippen LogP contribution is 2.17. The first-order chi connectivity index (χ1) is 9.33. The number of H-pyrrole nitrogens is 1. The van der Waals surface area contributed by atoms with Gasteiger partial charge in [0.25, 0.3) is 0 Å². The second-order valence-electron chi connectivity index (χ2n) is 4.32. The van der Waals surface area contributed by atoms with E-state index in [9.17, 15) is 0 Å². The molecule has 2 aromatic heterocycles. The standard InChI is InChI=1S/C14H14N4O/c15-11(10-5-2-1-3-6-10)9-13-17-14(18-19-13)12-7-4-8-16-12/h1-8,11,16H,9,15H2. The molecular formula is C14H14N4O. The summed E-state index contributed by atoms with van der Waals surface area (Å²) in [5.41, 5.74) is 8.01. The minimum Gasteiger partial charge on any atom is -0.359 e. The molecule has 3 N–H and O–H groups in total. The third-order valence-corrected chi connectivity index (χ3v) is 2.93. The molecule has 0 bridgehead atoms. The fourth-order valence-corrected chi connectivity index (χ4v) is 1.92. The van der Waals surface area contributed by atoms with Crippen LogP contribution in [0.2, 0.25) is 0 Å². The SMILES string of the molecule is NC(Cc1nc(-c2ccc[nH]2)no1)c1ccccc1. The van der Waals surface area contributed by atoms with E-state index in [-0.39, 0.29) is 6.04 Å². The van der Waals surface area contributed by atoms with Crippen LogP contribution in [0.5, 0.6) is 0 Å². The monoisotopic (exact) mass is 254 g/mol. The summed E-state index contributed by atoms with van der Waals surface area (Å²) in [6.45, 7) is 0. The lowest BCUT2D eigenvalue weighted by molar-refractivity contribution is 0.370. The Bertz CT molecular complexity index is 631. The van der Waals surface area contributed by atoms with Gasteiger partial charge in [0.05, 0.1) is 5.69 Å². The Morgan fingerprint density at radius 3 is 2.74 bits per heavy atom. The Kier molecular flexibility index (Phi) is 3.12. The zero-order valence-corrected chi connectivity index (χ0v) is 10.3. The van der Waals surface area contributed by atoms with Gasteiger partial charge >= 0.3 is 0 Å². The number of nitrogens with zero attached hydrogens (tertiary/aromatic N) is 2. The molecule has 1 atom stereocenters. The van der Waals surface area contributed by atoms with Crippen molar-refractivity contribution in [3.8, 4) is 11.5 Å². The normalized spacial score (nSPS) is 12.5. The number of aromatic nitrogens is 3. The van der Waals surface area contributed by atoms with E-state index in [1.54, 1.807) is 0 Å². The maximum absolute atomic E-state index is 6.12. The molecule has 0 saturated carbocycles. The number of aromatic amines is 1. The van der Waals surface area contributed by atoms with Gasteiger partial charge in [-0.3, -0.25) is 0 Å². The summed E-state index contributed by atoms with van der Waals surface area (Å²) in [5, 5.41) is 3.93. The molecule has 0 radical (unpaired) electrons. The van der Waals surface area contributed by atoms with E-state index in [1.165, 1.54) is 0 Å².